The Bertz CT molecular complexity index is 418. The molecule has 0 saturated carbocycles. The first kappa shape index (κ1) is 14.1. The van der Waals surface area contributed by atoms with E-state index in [1.165, 1.54) is 12.5 Å². The van der Waals surface area contributed by atoms with E-state index in [9.17, 15) is 4.79 Å². The quantitative estimate of drug-likeness (QED) is 0.836. The normalized spacial score (nSPS) is 30.9. The lowest BCUT2D eigenvalue weighted by Gasteiger charge is -2.39. The molecule has 104 valence electrons. The molecule has 1 fully saturated rings. The summed E-state index contributed by atoms with van der Waals surface area (Å²) in [6, 6.07) is 11.1. The van der Waals surface area contributed by atoms with Crippen molar-refractivity contribution < 1.29 is 14.4 Å². The molecule has 1 aliphatic rings. The Kier molecular flexibility index (Phi) is 4.59. The second-order valence-corrected chi connectivity index (χ2v) is 5.65. The van der Waals surface area contributed by atoms with Crippen LogP contribution in [0.5, 0.6) is 0 Å². The molecule has 3 heteroatoms. The predicted octanol–water partition coefficient (Wildman–Crippen LogP) is 1.43. The third-order valence-corrected chi connectivity index (χ3v) is 4.36. The average molecular weight is 262 g/mol. The van der Waals surface area contributed by atoms with Crippen molar-refractivity contribution >= 4 is 5.97 Å². The topological polar surface area (TPSA) is 30.7 Å². The molecule has 0 amide bonds. The Morgan fingerprint density at radius 2 is 2.00 bits per heavy atom. The molecule has 4 atom stereocenters. The van der Waals surface area contributed by atoms with Crippen LogP contribution >= 0.6 is 0 Å². The van der Waals surface area contributed by atoms with Gasteiger partial charge in [-0.3, -0.25) is 4.79 Å². The fourth-order valence-electron chi connectivity index (χ4n) is 3.00. The molecule has 0 aliphatic carbocycles. The first-order valence-electron chi connectivity index (χ1n) is 7.13. The third kappa shape index (κ3) is 3.57. The van der Waals surface area contributed by atoms with Crippen LogP contribution in [0.15, 0.2) is 30.3 Å². The highest BCUT2D eigenvalue weighted by molar-refractivity contribution is 5.66. The summed E-state index contributed by atoms with van der Waals surface area (Å²) in [5.41, 5.74) is 1.38. The van der Waals surface area contributed by atoms with E-state index in [4.69, 9.17) is 4.74 Å². The van der Waals surface area contributed by atoms with Gasteiger partial charge in [-0.1, -0.05) is 37.3 Å². The summed E-state index contributed by atoms with van der Waals surface area (Å²) in [4.78, 5) is 12.7. The summed E-state index contributed by atoms with van der Waals surface area (Å²) >= 11 is 0. The monoisotopic (exact) mass is 262 g/mol. The van der Waals surface area contributed by atoms with Gasteiger partial charge in [-0.2, -0.15) is 0 Å². The van der Waals surface area contributed by atoms with E-state index in [1.54, 1.807) is 4.90 Å². The van der Waals surface area contributed by atoms with Crippen LogP contribution in [0.1, 0.15) is 32.8 Å². The van der Waals surface area contributed by atoms with Crippen molar-refractivity contribution in [1.29, 1.82) is 0 Å². The van der Waals surface area contributed by atoms with Gasteiger partial charge in [-0.15, -0.1) is 0 Å². The van der Waals surface area contributed by atoms with E-state index in [-0.39, 0.29) is 12.1 Å². The van der Waals surface area contributed by atoms with Crippen LogP contribution in [0.3, 0.4) is 0 Å². The summed E-state index contributed by atoms with van der Waals surface area (Å²) in [6.07, 6.45) is 1.06. The van der Waals surface area contributed by atoms with Crippen molar-refractivity contribution in [2.24, 2.45) is 5.92 Å². The van der Waals surface area contributed by atoms with Crippen LogP contribution in [0.4, 0.5) is 0 Å². The number of ether oxygens (including phenoxy) is 1. The maximum atomic E-state index is 11.1. The molecular weight excluding hydrogens is 238 g/mol. The SMILES string of the molecule is CC(=O)O[C@H]1CC[NH+](Cc2ccccc2)[C@H](C)[C@H]1C. The summed E-state index contributed by atoms with van der Waals surface area (Å²) in [6.45, 7) is 8.08. The molecule has 1 N–H and O–H groups in total. The molecule has 2 rings (SSSR count). The number of likely N-dealkylation sites (tertiary alicyclic amines) is 1. The predicted molar refractivity (Wildman–Crippen MR) is 74.8 cm³/mol. The number of nitrogens with one attached hydrogen (secondary N) is 1. The fraction of sp³-hybridized carbons (Fsp3) is 0.562. The number of carbonyl (C=O) groups excluding carboxylic acids is 1. The van der Waals surface area contributed by atoms with E-state index in [1.807, 2.05) is 0 Å². The molecule has 1 aromatic carbocycles. The molecule has 1 aliphatic heterocycles. The van der Waals surface area contributed by atoms with Gasteiger partial charge in [-0.25, -0.2) is 0 Å². The van der Waals surface area contributed by atoms with E-state index < -0.39 is 0 Å². The minimum atomic E-state index is -0.157. The van der Waals surface area contributed by atoms with E-state index in [0.29, 0.717) is 12.0 Å². The molecule has 1 saturated heterocycles. The zero-order chi connectivity index (χ0) is 13.8. The maximum Gasteiger partial charge on any atom is 0.302 e. The van der Waals surface area contributed by atoms with Gasteiger partial charge in [0.25, 0.3) is 0 Å². The largest absolute Gasteiger partial charge is 0.462 e. The number of hydrogen-bond acceptors (Lipinski definition) is 2. The number of rotatable bonds is 3. The van der Waals surface area contributed by atoms with Crippen molar-refractivity contribution in [2.75, 3.05) is 6.54 Å². The van der Waals surface area contributed by atoms with Gasteiger partial charge in [0, 0.05) is 24.8 Å². The summed E-state index contributed by atoms with van der Waals surface area (Å²) in [5.74, 6) is 0.256. The molecule has 0 radical (unpaired) electrons. The Balaban J connectivity index is 1.97. The molecule has 1 unspecified atom stereocenters. The molecule has 1 heterocycles. The number of piperidine rings is 1. The molecule has 19 heavy (non-hydrogen) atoms. The minimum absolute atomic E-state index is 0.0898. The minimum Gasteiger partial charge on any atom is -0.462 e. The highest BCUT2D eigenvalue weighted by Crippen LogP contribution is 2.17. The second-order valence-electron chi connectivity index (χ2n) is 5.65. The molecule has 0 aromatic heterocycles. The van der Waals surface area contributed by atoms with E-state index >= 15 is 0 Å². The first-order valence-corrected chi connectivity index (χ1v) is 7.13. The van der Waals surface area contributed by atoms with E-state index in [2.05, 4.69) is 44.2 Å². The van der Waals surface area contributed by atoms with Crippen LogP contribution in [0, 0.1) is 5.92 Å². The number of hydrogen-bond donors (Lipinski definition) is 1. The Hall–Kier alpha value is -1.35. The van der Waals surface area contributed by atoms with Gasteiger partial charge in [0.15, 0.2) is 0 Å². The highest BCUT2D eigenvalue weighted by atomic mass is 16.5. The number of carbonyl (C=O) groups is 1. The van der Waals surface area contributed by atoms with Gasteiger partial charge in [-0.05, 0) is 6.92 Å². The molecule has 0 spiro atoms. The lowest BCUT2D eigenvalue weighted by molar-refractivity contribution is -0.947. The Morgan fingerprint density at radius 1 is 1.32 bits per heavy atom. The summed E-state index contributed by atoms with van der Waals surface area (Å²) in [5, 5.41) is 0. The molecular formula is C16H24NO2+. The highest BCUT2D eigenvalue weighted by Gasteiger charge is 2.37. The average Bonchev–Trinajstić information content (AvgIpc) is 2.39. The van der Waals surface area contributed by atoms with Crippen LogP contribution in [0.25, 0.3) is 0 Å². The molecule has 3 nitrogen and oxygen atoms in total. The van der Waals surface area contributed by atoms with Crippen molar-refractivity contribution in [2.45, 2.75) is 45.9 Å². The summed E-state index contributed by atoms with van der Waals surface area (Å²) < 4.78 is 5.42. The van der Waals surface area contributed by atoms with Gasteiger partial charge in [0.2, 0.25) is 0 Å². The van der Waals surface area contributed by atoms with Crippen molar-refractivity contribution in [1.82, 2.24) is 0 Å². The van der Waals surface area contributed by atoms with Gasteiger partial charge >= 0.3 is 5.97 Å². The lowest BCUT2D eigenvalue weighted by atomic mass is 9.88. The zero-order valence-electron chi connectivity index (χ0n) is 12.1. The third-order valence-electron chi connectivity index (χ3n) is 4.36. The van der Waals surface area contributed by atoms with E-state index in [0.717, 1.165) is 19.5 Å². The second kappa shape index (κ2) is 6.20. The van der Waals surface area contributed by atoms with Gasteiger partial charge in [0.05, 0.1) is 12.6 Å². The van der Waals surface area contributed by atoms with Crippen molar-refractivity contribution in [3.05, 3.63) is 35.9 Å². The van der Waals surface area contributed by atoms with Crippen LogP contribution in [-0.4, -0.2) is 24.7 Å². The summed E-state index contributed by atoms with van der Waals surface area (Å²) in [7, 11) is 0. The van der Waals surface area contributed by atoms with Crippen LogP contribution < -0.4 is 4.90 Å². The first-order chi connectivity index (χ1) is 9.08. The Labute approximate surface area is 115 Å². The van der Waals surface area contributed by atoms with Gasteiger partial charge < -0.3 is 9.64 Å². The number of quaternary nitrogens is 1. The number of benzene rings is 1. The Morgan fingerprint density at radius 3 is 2.63 bits per heavy atom. The zero-order valence-corrected chi connectivity index (χ0v) is 12.1. The van der Waals surface area contributed by atoms with Crippen molar-refractivity contribution in [3.63, 3.8) is 0 Å². The van der Waals surface area contributed by atoms with Crippen LogP contribution in [0.2, 0.25) is 0 Å². The van der Waals surface area contributed by atoms with Crippen molar-refractivity contribution in [3.8, 4) is 0 Å². The smallest absolute Gasteiger partial charge is 0.302 e. The van der Waals surface area contributed by atoms with Gasteiger partial charge in [0.1, 0.15) is 12.6 Å². The maximum absolute atomic E-state index is 11.1. The fourth-order valence-corrected chi connectivity index (χ4v) is 3.00. The number of esters is 1. The van der Waals surface area contributed by atoms with Crippen LogP contribution in [-0.2, 0) is 16.1 Å². The standard InChI is InChI=1S/C16H23NO2/c1-12-13(2)17(10-9-16(12)19-14(3)18)11-15-7-5-4-6-8-15/h4-8,12-13,16H,9-11H2,1-3H3/p+1/t12-,13-,16+/m1/s1. The molecule has 0 bridgehead atoms. The molecule has 1 aromatic rings. The lowest BCUT2D eigenvalue weighted by Crippen LogP contribution is -3.16.